The van der Waals surface area contributed by atoms with Gasteiger partial charge in [-0.3, -0.25) is 9.98 Å². The molecule has 0 radical (unpaired) electrons. The van der Waals surface area contributed by atoms with Crippen LogP contribution in [-0.4, -0.2) is 74.4 Å². The third kappa shape index (κ3) is 7.20. The van der Waals surface area contributed by atoms with Gasteiger partial charge in [0, 0.05) is 75.0 Å². The van der Waals surface area contributed by atoms with E-state index in [0.29, 0.717) is 37.6 Å². The van der Waals surface area contributed by atoms with E-state index in [0.717, 1.165) is 43.7 Å². The van der Waals surface area contributed by atoms with E-state index in [1.165, 1.54) is 11.4 Å². The molecule has 8 heteroatoms. The van der Waals surface area contributed by atoms with Crippen LogP contribution in [0.3, 0.4) is 0 Å². The normalized spacial score (nSPS) is 15.6. The van der Waals surface area contributed by atoms with Crippen molar-refractivity contribution in [1.82, 2.24) is 0 Å². The van der Waals surface area contributed by atoms with E-state index in [9.17, 15) is 0 Å². The second-order valence-corrected chi connectivity index (χ2v) is 8.11. The number of anilines is 2. The Bertz CT molecular complexity index is 836. The summed E-state index contributed by atoms with van der Waals surface area (Å²) >= 11 is 0. The Morgan fingerprint density at radius 1 is 0.667 bits per heavy atom. The first kappa shape index (κ1) is 24.5. The molecule has 1 fully saturated rings. The Morgan fingerprint density at radius 2 is 1.06 bits per heavy atom. The van der Waals surface area contributed by atoms with Crippen molar-refractivity contribution >= 4 is 23.0 Å². The number of rotatable bonds is 10. The molecule has 0 bridgehead atoms. The van der Waals surface area contributed by atoms with Crippen molar-refractivity contribution in [1.29, 1.82) is 0 Å². The number of nitrogens with two attached hydrogens (primary N) is 2. The van der Waals surface area contributed by atoms with Crippen molar-refractivity contribution in [2.45, 2.75) is 19.3 Å². The van der Waals surface area contributed by atoms with Gasteiger partial charge < -0.3 is 31.5 Å². The van der Waals surface area contributed by atoms with Crippen LogP contribution in [0.2, 0.25) is 0 Å². The number of hydrogen-bond acceptors (Lipinski definition) is 6. The molecule has 6 N–H and O–H groups in total. The molecule has 2 aromatic carbocycles. The highest BCUT2D eigenvalue weighted by Crippen LogP contribution is 2.21. The summed E-state index contributed by atoms with van der Waals surface area (Å²) in [5.41, 5.74) is 16.3. The Morgan fingerprint density at radius 3 is 1.42 bits per heavy atom. The molecule has 0 amide bonds. The number of aliphatic hydroxyl groups excluding tert-OH is 2. The standard InChI is InChI=1S/C25H36N6O2/c26-24(28-12-1-18-32)20-4-8-22(9-5-20)30-14-3-15-31(17-16-30)23-10-6-21(7-11-23)25(27)29-13-2-19-33/h4-11,32-33H,1-3,12-19H2,(H2,26,28)(H2,27,29). The van der Waals surface area contributed by atoms with Crippen molar-refractivity contribution < 1.29 is 10.2 Å². The van der Waals surface area contributed by atoms with E-state index in [1.54, 1.807) is 0 Å². The van der Waals surface area contributed by atoms with Gasteiger partial charge >= 0.3 is 0 Å². The monoisotopic (exact) mass is 452 g/mol. The molecule has 2 aromatic rings. The summed E-state index contributed by atoms with van der Waals surface area (Å²) in [6.45, 7) is 5.19. The van der Waals surface area contributed by atoms with Crippen LogP contribution in [-0.2, 0) is 0 Å². The SMILES string of the molecule is NC(=NCCCO)c1ccc(N2CCCN(c3ccc(C(N)=NCCCO)cc3)CC2)cc1. The smallest absolute Gasteiger partial charge is 0.125 e. The van der Waals surface area contributed by atoms with Crippen molar-refractivity contribution in [3.63, 3.8) is 0 Å². The van der Waals surface area contributed by atoms with Crippen LogP contribution in [0, 0.1) is 0 Å². The second-order valence-electron chi connectivity index (χ2n) is 8.11. The molecule has 0 aliphatic carbocycles. The molecule has 3 rings (SSSR count). The number of aliphatic hydroxyl groups is 2. The largest absolute Gasteiger partial charge is 0.396 e. The van der Waals surface area contributed by atoms with Gasteiger partial charge in [-0.25, -0.2) is 0 Å². The zero-order valence-corrected chi connectivity index (χ0v) is 19.2. The summed E-state index contributed by atoms with van der Waals surface area (Å²) in [5.74, 6) is 1.03. The van der Waals surface area contributed by atoms with Crippen molar-refractivity contribution in [2.24, 2.45) is 21.5 Å². The fourth-order valence-corrected chi connectivity index (χ4v) is 3.84. The van der Waals surface area contributed by atoms with Gasteiger partial charge in [0.05, 0.1) is 0 Å². The van der Waals surface area contributed by atoms with Crippen molar-refractivity contribution in [3.8, 4) is 0 Å². The predicted octanol–water partition coefficient (Wildman–Crippen LogP) is 1.58. The first-order valence-electron chi connectivity index (χ1n) is 11.6. The van der Waals surface area contributed by atoms with E-state index in [1.807, 2.05) is 24.3 Å². The van der Waals surface area contributed by atoms with Crippen molar-refractivity contribution in [3.05, 3.63) is 59.7 Å². The number of hydrogen-bond donors (Lipinski definition) is 4. The van der Waals surface area contributed by atoms with E-state index >= 15 is 0 Å². The summed E-state index contributed by atoms with van der Waals surface area (Å²) in [4.78, 5) is 13.4. The molecule has 1 heterocycles. The van der Waals surface area contributed by atoms with Gasteiger partial charge in [0.15, 0.2) is 0 Å². The number of benzene rings is 2. The summed E-state index contributed by atoms with van der Waals surface area (Å²) in [7, 11) is 0. The van der Waals surface area contributed by atoms with Crippen LogP contribution in [0.25, 0.3) is 0 Å². The van der Waals surface area contributed by atoms with Crippen molar-refractivity contribution in [2.75, 3.05) is 62.3 Å². The Hall–Kier alpha value is -3.10. The maximum absolute atomic E-state index is 8.88. The van der Waals surface area contributed by atoms with Gasteiger partial charge in [-0.15, -0.1) is 0 Å². The lowest BCUT2D eigenvalue weighted by atomic mass is 10.1. The molecular formula is C25H36N6O2. The predicted molar refractivity (Wildman–Crippen MR) is 137 cm³/mol. The minimum absolute atomic E-state index is 0.125. The van der Waals surface area contributed by atoms with Crippen LogP contribution in [0.1, 0.15) is 30.4 Å². The van der Waals surface area contributed by atoms with Gasteiger partial charge in [0.1, 0.15) is 11.7 Å². The zero-order chi connectivity index (χ0) is 23.5. The highest BCUT2D eigenvalue weighted by Gasteiger charge is 2.16. The fraction of sp³-hybridized carbons (Fsp3) is 0.440. The summed E-state index contributed by atoms with van der Waals surface area (Å²) in [6.07, 6.45) is 2.31. The maximum Gasteiger partial charge on any atom is 0.125 e. The lowest BCUT2D eigenvalue weighted by Crippen LogP contribution is -2.30. The minimum Gasteiger partial charge on any atom is -0.396 e. The average molecular weight is 453 g/mol. The van der Waals surface area contributed by atoms with Gasteiger partial charge in [0.25, 0.3) is 0 Å². The molecule has 0 saturated carbocycles. The van der Waals surface area contributed by atoms with Gasteiger partial charge in [-0.1, -0.05) is 0 Å². The Balaban J connectivity index is 1.58. The molecule has 8 nitrogen and oxygen atoms in total. The van der Waals surface area contributed by atoms with Crippen LogP contribution in [0.5, 0.6) is 0 Å². The molecule has 1 aliphatic heterocycles. The summed E-state index contributed by atoms with van der Waals surface area (Å²) < 4.78 is 0. The van der Waals surface area contributed by atoms with E-state index in [2.05, 4.69) is 44.1 Å². The van der Waals surface area contributed by atoms with E-state index in [4.69, 9.17) is 21.7 Å². The number of nitrogens with zero attached hydrogens (tertiary/aromatic N) is 4. The molecule has 0 atom stereocenters. The van der Waals surface area contributed by atoms with E-state index in [-0.39, 0.29) is 13.2 Å². The fourth-order valence-electron chi connectivity index (χ4n) is 3.84. The van der Waals surface area contributed by atoms with Crippen LogP contribution in [0.4, 0.5) is 11.4 Å². The molecule has 0 aromatic heterocycles. The second kappa shape index (κ2) is 12.8. The molecule has 178 valence electrons. The Labute approximate surface area is 196 Å². The highest BCUT2D eigenvalue weighted by molar-refractivity contribution is 5.98. The van der Waals surface area contributed by atoms with Gasteiger partial charge in [0.2, 0.25) is 0 Å². The first-order valence-corrected chi connectivity index (χ1v) is 11.6. The maximum atomic E-state index is 8.88. The summed E-state index contributed by atoms with van der Waals surface area (Å²) in [5, 5.41) is 17.8. The zero-order valence-electron chi connectivity index (χ0n) is 19.2. The first-order chi connectivity index (χ1) is 16.1. The quantitative estimate of drug-likeness (QED) is 0.247. The average Bonchev–Trinajstić information content (AvgIpc) is 3.11. The molecule has 0 spiro atoms. The van der Waals surface area contributed by atoms with Crippen LogP contribution >= 0.6 is 0 Å². The lowest BCUT2D eigenvalue weighted by Gasteiger charge is -2.25. The third-order valence-corrected chi connectivity index (χ3v) is 5.75. The Kier molecular flexibility index (Phi) is 9.53. The van der Waals surface area contributed by atoms with Gasteiger partial charge in [-0.05, 0) is 67.8 Å². The molecule has 1 aliphatic rings. The molecule has 0 unspecified atom stereocenters. The number of aliphatic imine (C=N–C) groups is 2. The molecular weight excluding hydrogens is 416 g/mol. The van der Waals surface area contributed by atoms with Crippen LogP contribution < -0.4 is 21.3 Å². The lowest BCUT2D eigenvalue weighted by molar-refractivity contribution is 0.291. The molecule has 33 heavy (non-hydrogen) atoms. The summed E-state index contributed by atoms with van der Waals surface area (Å²) in [6, 6.07) is 16.5. The topological polar surface area (TPSA) is 124 Å². The number of amidine groups is 2. The molecule has 1 saturated heterocycles. The highest BCUT2D eigenvalue weighted by atomic mass is 16.3. The third-order valence-electron chi connectivity index (χ3n) is 5.75. The van der Waals surface area contributed by atoms with E-state index < -0.39 is 0 Å². The minimum atomic E-state index is 0.125. The van der Waals surface area contributed by atoms with Gasteiger partial charge in [-0.2, -0.15) is 0 Å². The van der Waals surface area contributed by atoms with Crippen LogP contribution in [0.15, 0.2) is 58.5 Å².